The summed E-state index contributed by atoms with van der Waals surface area (Å²) in [6.07, 6.45) is 4.13. The standard InChI is InChI=1S/C24H31N3O/c1-18(2)17-27-22-13-7-6-12-21(22)26-23(27)14-5-4-8-15-25-24(28)20-11-9-10-19(3)16-20/h6-7,9-13,16,18H,4-5,8,14-15,17H2,1-3H3,(H,25,28). The molecular weight excluding hydrogens is 346 g/mol. The van der Waals surface area contributed by atoms with Gasteiger partial charge >= 0.3 is 0 Å². The first kappa shape index (κ1) is 20.1. The number of hydrogen-bond donors (Lipinski definition) is 1. The van der Waals surface area contributed by atoms with Gasteiger partial charge in [-0.2, -0.15) is 0 Å². The maximum atomic E-state index is 12.2. The van der Waals surface area contributed by atoms with Gasteiger partial charge in [0.2, 0.25) is 0 Å². The molecule has 2 aromatic carbocycles. The van der Waals surface area contributed by atoms with E-state index < -0.39 is 0 Å². The minimum absolute atomic E-state index is 0.0161. The van der Waals surface area contributed by atoms with Crippen molar-refractivity contribution in [2.45, 2.75) is 53.0 Å². The van der Waals surface area contributed by atoms with Crippen LogP contribution in [0, 0.1) is 12.8 Å². The number of aryl methyl sites for hydroxylation is 2. The molecule has 3 rings (SSSR count). The van der Waals surface area contributed by atoms with E-state index in [-0.39, 0.29) is 5.91 Å². The molecule has 148 valence electrons. The summed E-state index contributed by atoms with van der Waals surface area (Å²) in [5.41, 5.74) is 4.17. The van der Waals surface area contributed by atoms with Gasteiger partial charge in [-0.25, -0.2) is 4.98 Å². The lowest BCUT2D eigenvalue weighted by Gasteiger charge is -2.12. The number of fused-ring (bicyclic) bond motifs is 1. The van der Waals surface area contributed by atoms with Crippen LogP contribution in [0.25, 0.3) is 11.0 Å². The molecule has 1 amide bonds. The molecule has 3 aromatic rings. The Labute approximate surface area is 168 Å². The number of nitrogens with zero attached hydrogens (tertiary/aromatic N) is 2. The summed E-state index contributed by atoms with van der Waals surface area (Å²) in [6, 6.07) is 16.1. The average Bonchev–Trinajstić information content (AvgIpc) is 3.01. The summed E-state index contributed by atoms with van der Waals surface area (Å²) in [5, 5.41) is 3.02. The van der Waals surface area contributed by atoms with E-state index in [0.29, 0.717) is 5.92 Å². The van der Waals surface area contributed by atoms with E-state index >= 15 is 0 Å². The molecule has 0 aliphatic heterocycles. The Morgan fingerprint density at radius 2 is 1.89 bits per heavy atom. The molecule has 0 aliphatic rings. The summed E-state index contributed by atoms with van der Waals surface area (Å²) in [4.78, 5) is 17.0. The van der Waals surface area contributed by atoms with Crippen LogP contribution in [0.15, 0.2) is 48.5 Å². The van der Waals surface area contributed by atoms with Crippen LogP contribution in [0.2, 0.25) is 0 Å². The van der Waals surface area contributed by atoms with E-state index in [1.807, 2.05) is 31.2 Å². The summed E-state index contributed by atoms with van der Waals surface area (Å²) < 4.78 is 2.37. The number of carbonyl (C=O) groups is 1. The van der Waals surface area contributed by atoms with Crippen LogP contribution in [-0.2, 0) is 13.0 Å². The number of imidazole rings is 1. The number of carbonyl (C=O) groups excluding carboxylic acids is 1. The third-order valence-corrected chi connectivity index (χ3v) is 4.92. The third kappa shape index (κ3) is 5.22. The number of para-hydroxylation sites is 2. The van der Waals surface area contributed by atoms with Gasteiger partial charge in [0.25, 0.3) is 5.91 Å². The second kappa shape index (κ2) is 9.54. The molecule has 0 atom stereocenters. The predicted molar refractivity (Wildman–Crippen MR) is 116 cm³/mol. The molecule has 0 saturated heterocycles. The molecule has 0 radical (unpaired) electrons. The van der Waals surface area contributed by atoms with Crippen molar-refractivity contribution in [1.82, 2.24) is 14.9 Å². The van der Waals surface area contributed by atoms with Crippen molar-refractivity contribution in [1.29, 1.82) is 0 Å². The van der Waals surface area contributed by atoms with Crippen LogP contribution in [0.4, 0.5) is 0 Å². The first-order chi connectivity index (χ1) is 13.5. The smallest absolute Gasteiger partial charge is 0.251 e. The minimum atomic E-state index is 0.0161. The Morgan fingerprint density at radius 3 is 2.68 bits per heavy atom. The molecular formula is C24H31N3O. The number of aromatic nitrogens is 2. The van der Waals surface area contributed by atoms with Crippen molar-refractivity contribution in [3.63, 3.8) is 0 Å². The number of nitrogens with one attached hydrogen (secondary N) is 1. The van der Waals surface area contributed by atoms with Gasteiger partial charge in [-0.05, 0) is 49.9 Å². The molecule has 1 aromatic heterocycles. The lowest BCUT2D eigenvalue weighted by molar-refractivity contribution is 0.0953. The van der Waals surface area contributed by atoms with Gasteiger partial charge < -0.3 is 9.88 Å². The van der Waals surface area contributed by atoms with Crippen molar-refractivity contribution in [3.05, 3.63) is 65.5 Å². The lowest BCUT2D eigenvalue weighted by Crippen LogP contribution is -2.24. The number of rotatable bonds is 9. The SMILES string of the molecule is Cc1cccc(C(=O)NCCCCCc2nc3ccccc3n2CC(C)C)c1. The van der Waals surface area contributed by atoms with Crippen molar-refractivity contribution in [2.75, 3.05) is 6.54 Å². The van der Waals surface area contributed by atoms with E-state index in [0.717, 1.165) is 55.4 Å². The molecule has 4 heteroatoms. The highest BCUT2D eigenvalue weighted by Crippen LogP contribution is 2.19. The van der Waals surface area contributed by atoms with Gasteiger partial charge in [0.1, 0.15) is 5.82 Å². The highest BCUT2D eigenvalue weighted by atomic mass is 16.1. The molecule has 28 heavy (non-hydrogen) atoms. The molecule has 0 fully saturated rings. The van der Waals surface area contributed by atoms with Crippen LogP contribution < -0.4 is 5.32 Å². The van der Waals surface area contributed by atoms with Crippen molar-refractivity contribution in [3.8, 4) is 0 Å². The topological polar surface area (TPSA) is 46.9 Å². The van der Waals surface area contributed by atoms with E-state index in [9.17, 15) is 4.79 Å². The number of unbranched alkanes of at least 4 members (excludes halogenated alkanes) is 2. The summed E-state index contributed by atoms with van der Waals surface area (Å²) in [7, 11) is 0. The van der Waals surface area contributed by atoms with Gasteiger partial charge in [0.15, 0.2) is 0 Å². The molecule has 4 nitrogen and oxygen atoms in total. The summed E-state index contributed by atoms with van der Waals surface area (Å²) >= 11 is 0. The van der Waals surface area contributed by atoms with E-state index in [1.54, 1.807) is 0 Å². The third-order valence-electron chi connectivity index (χ3n) is 4.92. The van der Waals surface area contributed by atoms with Crippen LogP contribution in [-0.4, -0.2) is 22.0 Å². The quantitative estimate of drug-likeness (QED) is 0.525. The minimum Gasteiger partial charge on any atom is -0.352 e. The lowest BCUT2D eigenvalue weighted by atomic mass is 10.1. The molecule has 0 unspecified atom stereocenters. The zero-order valence-electron chi connectivity index (χ0n) is 17.2. The average molecular weight is 378 g/mol. The van der Waals surface area contributed by atoms with Crippen molar-refractivity contribution < 1.29 is 4.79 Å². The van der Waals surface area contributed by atoms with Gasteiger partial charge in [-0.1, -0.05) is 50.1 Å². The van der Waals surface area contributed by atoms with Crippen molar-refractivity contribution in [2.24, 2.45) is 5.92 Å². The molecule has 0 spiro atoms. The summed E-state index contributed by atoms with van der Waals surface area (Å²) in [6.45, 7) is 8.21. The Balaban J connectivity index is 1.47. The highest BCUT2D eigenvalue weighted by molar-refractivity contribution is 5.94. The maximum absolute atomic E-state index is 12.2. The van der Waals surface area contributed by atoms with Gasteiger partial charge in [0, 0.05) is 25.1 Å². The first-order valence-corrected chi connectivity index (χ1v) is 10.3. The van der Waals surface area contributed by atoms with E-state index in [4.69, 9.17) is 4.98 Å². The zero-order valence-corrected chi connectivity index (χ0v) is 17.2. The van der Waals surface area contributed by atoms with Gasteiger partial charge in [-0.3, -0.25) is 4.79 Å². The number of hydrogen-bond acceptors (Lipinski definition) is 2. The Kier molecular flexibility index (Phi) is 6.85. The Hall–Kier alpha value is -2.62. The van der Waals surface area contributed by atoms with Crippen LogP contribution in [0.1, 0.15) is 54.9 Å². The van der Waals surface area contributed by atoms with E-state index in [2.05, 4.69) is 48.0 Å². The number of benzene rings is 2. The number of amides is 1. The van der Waals surface area contributed by atoms with Crippen molar-refractivity contribution >= 4 is 16.9 Å². The predicted octanol–water partition coefficient (Wildman–Crippen LogP) is 5.14. The normalized spacial score (nSPS) is 11.3. The first-order valence-electron chi connectivity index (χ1n) is 10.3. The second-order valence-corrected chi connectivity index (χ2v) is 7.96. The van der Waals surface area contributed by atoms with Crippen LogP contribution in [0.3, 0.4) is 0 Å². The molecule has 0 bridgehead atoms. The monoisotopic (exact) mass is 377 g/mol. The molecule has 0 saturated carbocycles. The summed E-state index contributed by atoms with van der Waals surface area (Å²) in [5.74, 6) is 1.79. The highest BCUT2D eigenvalue weighted by Gasteiger charge is 2.11. The van der Waals surface area contributed by atoms with Crippen LogP contribution >= 0.6 is 0 Å². The molecule has 1 N–H and O–H groups in total. The van der Waals surface area contributed by atoms with Gasteiger partial charge in [0.05, 0.1) is 11.0 Å². The zero-order chi connectivity index (χ0) is 19.9. The molecule has 1 heterocycles. The fraction of sp³-hybridized carbons (Fsp3) is 0.417. The van der Waals surface area contributed by atoms with Gasteiger partial charge in [-0.15, -0.1) is 0 Å². The fourth-order valence-electron chi connectivity index (χ4n) is 3.56. The second-order valence-electron chi connectivity index (χ2n) is 7.96. The van der Waals surface area contributed by atoms with E-state index in [1.165, 1.54) is 11.3 Å². The largest absolute Gasteiger partial charge is 0.352 e. The van der Waals surface area contributed by atoms with Crippen LogP contribution in [0.5, 0.6) is 0 Å². The Morgan fingerprint density at radius 1 is 1.07 bits per heavy atom. The Bertz CT molecular complexity index is 926. The molecule has 0 aliphatic carbocycles. The fourth-order valence-corrected chi connectivity index (χ4v) is 3.56. The maximum Gasteiger partial charge on any atom is 0.251 e.